The number of hydrogen-bond acceptors (Lipinski definition) is 0. The summed E-state index contributed by atoms with van der Waals surface area (Å²) in [6, 6.07) is 4.29. The molecule has 1 aromatic carbocycles. The van der Waals surface area contributed by atoms with E-state index in [-0.39, 0.29) is 5.82 Å². The van der Waals surface area contributed by atoms with Crippen LogP contribution in [0.2, 0.25) is 0 Å². The predicted octanol–water partition coefficient (Wildman–Crippen LogP) is 10.2. The quantitative estimate of drug-likeness (QED) is 0.292. The van der Waals surface area contributed by atoms with Crippen molar-refractivity contribution in [1.82, 2.24) is 0 Å². The maximum absolute atomic E-state index is 15.3. The number of fused-ring (bicyclic) bond motifs is 2. The van der Waals surface area contributed by atoms with Crippen molar-refractivity contribution in [3.8, 4) is 0 Å². The smallest absolute Gasteiger partial charge is 0.126 e. The van der Waals surface area contributed by atoms with Gasteiger partial charge in [0, 0.05) is 0 Å². The second kappa shape index (κ2) is 12.7. The summed E-state index contributed by atoms with van der Waals surface area (Å²) < 4.78 is 15.3. The number of benzene rings is 1. The maximum Gasteiger partial charge on any atom is 0.126 e. The van der Waals surface area contributed by atoms with Crippen molar-refractivity contribution in [2.45, 2.75) is 142 Å². The first-order chi connectivity index (χ1) is 16.2. The Morgan fingerprint density at radius 1 is 0.697 bits per heavy atom. The highest BCUT2D eigenvalue weighted by Gasteiger charge is 2.36. The summed E-state index contributed by atoms with van der Waals surface area (Å²) in [5, 5.41) is 0. The zero-order valence-corrected chi connectivity index (χ0v) is 21.9. The highest BCUT2D eigenvalue weighted by atomic mass is 19.1. The van der Waals surface area contributed by atoms with Crippen LogP contribution in [0.1, 0.15) is 146 Å². The second-order valence-electron chi connectivity index (χ2n) is 12.2. The van der Waals surface area contributed by atoms with Gasteiger partial charge in [0.05, 0.1) is 0 Å². The van der Waals surface area contributed by atoms with Crippen LogP contribution in [0.3, 0.4) is 0 Å². The molecule has 2 saturated carbocycles. The normalized spacial score (nSPS) is 29.5. The lowest BCUT2D eigenvalue weighted by atomic mass is 9.63. The lowest BCUT2D eigenvalue weighted by Gasteiger charge is -2.42. The SMILES string of the molecule is CCCCCCCC1CCc2cc(C3CCC4CC(CCCCC)CCC4C3)c(F)cc2C1. The van der Waals surface area contributed by atoms with Crippen LogP contribution in [-0.4, -0.2) is 0 Å². The van der Waals surface area contributed by atoms with Gasteiger partial charge in [0.15, 0.2) is 0 Å². The molecular formula is C32H51F. The summed E-state index contributed by atoms with van der Waals surface area (Å²) in [6.07, 6.45) is 25.6. The Bertz CT molecular complexity index is 721. The van der Waals surface area contributed by atoms with E-state index in [1.165, 1.54) is 127 Å². The Hall–Kier alpha value is -0.850. The molecule has 3 aliphatic carbocycles. The zero-order chi connectivity index (χ0) is 23.0. The molecule has 0 aromatic heterocycles. The third kappa shape index (κ3) is 6.85. The molecule has 0 saturated heterocycles. The fourth-order valence-corrected chi connectivity index (χ4v) is 7.68. The van der Waals surface area contributed by atoms with Crippen molar-refractivity contribution in [2.75, 3.05) is 0 Å². The minimum absolute atomic E-state index is 0.119. The van der Waals surface area contributed by atoms with Gasteiger partial charge >= 0.3 is 0 Å². The third-order valence-corrected chi connectivity index (χ3v) is 9.74. The average molecular weight is 455 g/mol. The van der Waals surface area contributed by atoms with Gasteiger partial charge in [-0.25, -0.2) is 4.39 Å². The summed E-state index contributed by atoms with van der Waals surface area (Å²) in [6.45, 7) is 4.60. The number of halogens is 1. The van der Waals surface area contributed by atoms with E-state index in [0.717, 1.165) is 35.7 Å². The first-order valence-corrected chi connectivity index (χ1v) is 15.0. The zero-order valence-electron chi connectivity index (χ0n) is 21.9. The van der Waals surface area contributed by atoms with Crippen molar-refractivity contribution in [3.63, 3.8) is 0 Å². The lowest BCUT2D eigenvalue weighted by molar-refractivity contribution is 0.112. The molecule has 3 aliphatic rings. The summed E-state index contributed by atoms with van der Waals surface area (Å²) in [5.41, 5.74) is 3.90. The Morgan fingerprint density at radius 2 is 1.39 bits per heavy atom. The van der Waals surface area contributed by atoms with Gasteiger partial charge in [-0.15, -0.1) is 0 Å². The number of aryl methyl sites for hydroxylation is 1. The van der Waals surface area contributed by atoms with Crippen molar-refractivity contribution in [1.29, 1.82) is 0 Å². The van der Waals surface area contributed by atoms with E-state index in [9.17, 15) is 0 Å². The molecule has 5 atom stereocenters. The molecule has 0 N–H and O–H groups in total. The van der Waals surface area contributed by atoms with E-state index in [1.54, 1.807) is 0 Å². The van der Waals surface area contributed by atoms with Crippen molar-refractivity contribution >= 4 is 0 Å². The van der Waals surface area contributed by atoms with E-state index < -0.39 is 0 Å². The Labute approximate surface area is 204 Å². The molecule has 186 valence electrons. The monoisotopic (exact) mass is 454 g/mol. The molecule has 1 aromatic rings. The number of hydrogen-bond donors (Lipinski definition) is 0. The molecule has 5 unspecified atom stereocenters. The molecule has 2 fully saturated rings. The largest absolute Gasteiger partial charge is 0.207 e. The predicted molar refractivity (Wildman–Crippen MR) is 140 cm³/mol. The van der Waals surface area contributed by atoms with Gasteiger partial charge in [0.25, 0.3) is 0 Å². The van der Waals surface area contributed by atoms with Gasteiger partial charge in [0.2, 0.25) is 0 Å². The molecule has 33 heavy (non-hydrogen) atoms. The maximum atomic E-state index is 15.3. The van der Waals surface area contributed by atoms with Crippen LogP contribution in [0, 0.1) is 29.5 Å². The van der Waals surface area contributed by atoms with E-state index in [0.29, 0.717) is 5.92 Å². The van der Waals surface area contributed by atoms with Crippen LogP contribution in [-0.2, 0) is 12.8 Å². The first kappa shape index (κ1) is 25.2. The van der Waals surface area contributed by atoms with Crippen molar-refractivity contribution in [3.05, 3.63) is 34.6 Å². The molecule has 0 spiro atoms. The van der Waals surface area contributed by atoms with Crippen LogP contribution in [0.15, 0.2) is 12.1 Å². The molecule has 0 heterocycles. The van der Waals surface area contributed by atoms with Gasteiger partial charge in [-0.2, -0.15) is 0 Å². The van der Waals surface area contributed by atoms with Crippen LogP contribution in [0.4, 0.5) is 4.39 Å². The van der Waals surface area contributed by atoms with E-state index in [4.69, 9.17) is 0 Å². The molecule has 0 amide bonds. The van der Waals surface area contributed by atoms with Crippen LogP contribution < -0.4 is 0 Å². The summed E-state index contributed by atoms with van der Waals surface area (Å²) in [4.78, 5) is 0. The van der Waals surface area contributed by atoms with Gasteiger partial charge in [-0.1, -0.05) is 90.5 Å². The minimum Gasteiger partial charge on any atom is -0.207 e. The topological polar surface area (TPSA) is 0 Å². The number of unbranched alkanes of at least 4 members (excludes halogenated alkanes) is 6. The van der Waals surface area contributed by atoms with Gasteiger partial charge in [0.1, 0.15) is 5.82 Å². The Balaban J connectivity index is 1.29. The Morgan fingerprint density at radius 3 is 2.24 bits per heavy atom. The van der Waals surface area contributed by atoms with E-state index in [2.05, 4.69) is 19.9 Å². The average Bonchev–Trinajstić information content (AvgIpc) is 2.83. The van der Waals surface area contributed by atoms with Gasteiger partial charge in [-0.3, -0.25) is 0 Å². The van der Waals surface area contributed by atoms with E-state index >= 15 is 4.39 Å². The molecule has 0 nitrogen and oxygen atoms in total. The molecule has 1 heteroatoms. The molecule has 0 aliphatic heterocycles. The first-order valence-electron chi connectivity index (χ1n) is 15.0. The van der Waals surface area contributed by atoms with Crippen LogP contribution in [0.25, 0.3) is 0 Å². The second-order valence-corrected chi connectivity index (χ2v) is 12.2. The Kier molecular flexibility index (Phi) is 9.75. The summed E-state index contributed by atoms with van der Waals surface area (Å²) >= 11 is 0. The fourth-order valence-electron chi connectivity index (χ4n) is 7.68. The van der Waals surface area contributed by atoms with Crippen LogP contribution in [0.5, 0.6) is 0 Å². The molecule has 0 radical (unpaired) electrons. The molecule has 0 bridgehead atoms. The summed E-state index contributed by atoms with van der Waals surface area (Å²) in [5.74, 6) is 4.15. The highest BCUT2D eigenvalue weighted by molar-refractivity contribution is 5.37. The minimum atomic E-state index is 0.119. The van der Waals surface area contributed by atoms with Crippen molar-refractivity contribution < 1.29 is 4.39 Å². The lowest BCUT2D eigenvalue weighted by Crippen LogP contribution is -2.31. The fraction of sp³-hybridized carbons (Fsp3) is 0.812. The highest BCUT2D eigenvalue weighted by Crippen LogP contribution is 2.49. The number of rotatable bonds is 11. The molecule has 4 rings (SSSR count). The summed E-state index contributed by atoms with van der Waals surface area (Å²) in [7, 11) is 0. The molecular weight excluding hydrogens is 403 g/mol. The van der Waals surface area contributed by atoms with Crippen molar-refractivity contribution in [2.24, 2.45) is 23.7 Å². The third-order valence-electron chi connectivity index (χ3n) is 9.74. The standard InChI is InChI=1S/C32H51F/c1-3-5-7-8-10-12-25-14-16-28-22-31(32(33)23-30(28)20-25)29-18-17-26-19-24(11-9-6-4-2)13-15-27(26)21-29/h22-27,29H,3-21H2,1-2H3. The van der Waals surface area contributed by atoms with Gasteiger partial charge in [-0.05, 0) is 104 Å². The van der Waals surface area contributed by atoms with Gasteiger partial charge < -0.3 is 0 Å². The van der Waals surface area contributed by atoms with Crippen LogP contribution >= 0.6 is 0 Å². The van der Waals surface area contributed by atoms with E-state index in [1.807, 2.05) is 6.07 Å².